The summed E-state index contributed by atoms with van der Waals surface area (Å²) in [6, 6.07) is 4.55. The van der Waals surface area contributed by atoms with Crippen LogP contribution >= 0.6 is 0 Å². The predicted octanol–water partition coefficient (Wildman–Crippen LogP) is 0.0613. The zero-order valence-electron chi connectivity index (χ0n) is 8.98. The smallest absolute Gasteiger partial charge is 0.269 e. The molecule has 2 heterocycles. The summed E-state index contributed by atoms with van der Waals surface area (Å²) in [6.07, 6.45) is -0.959. The minimum Gasteiger partial charge on any atom is -0.388 e. The molecule has 0 amide bonds. The van der Waals surface area contributed by atoms with Crippen LogP contribution in [0.5, 0.6) is 0 Å². The van der Waals surface area contributed by atoms with Crippen LogP contribution in [-0.2, 0) is 6.42 Å². The zero-order chi connectivity index (χ0) is 12.2. The molecule has 2 aliphatic heterocycles. The molecule has 0 spiro atoms. The highest BCUT2D eigenvalue weighted by atomic mass is 16.6. The van der Waals surface area contributed by atoms with Crippen LogP contribution in [0.1, 0.15) is 5.56 Å². The van der Waals surface area contributed by atoms with E-state index in [0.717, 1.165) is 11.3 Å². The molecule has 0 saturated carbocycles. The fraction of sp³-hybridized carbons (Fsp3) is 0.455. The highest BCUT2D eigenvalue weighted by Crippen LogP contribution is 2.39. The number of anilines is 1. The van der Waals surface area contributed by atoms with Gasteiger partial charge in [0.2, 0.25) is 0 Å². The molecule has 6 heteroatoms. The lowest BCUT2D eigenvalue weighted by molar-refractivity contribution is -0.384. The molecular formula is C11H12N2O4. The maximum Gasteiger partial charge on any atom is 0.269 e. The van der Waals surface area contributed by atoms with Crippen molar-refractivity contribution in [3.05, 3.63) is 33.9 Å². The van der Waals surface area contributed by atoms with Gasteiger partial charge in [0.05, 0.1) is 17.1 Å². The summed E-state index contributed by atoms with van der Waals surface area (Å²) in [5, 5.41) is 30.0. The van der Waals surface area contributed by atoms with E-state index in [1.165, 1.54) is 6.07 Å². The van der Waals surface area contributed by atoms with Crippen molar-refractivity contribution < 1.29 is 15.1 Å². The molecule has 2 aliphatic rings. The Morgan fingerprint density at radius 2 is 2.18 bits per heavy atom. The van der Waals surface area contributed by atoms with Gasteiger partial charge < -0.3 is 15.1 Å². The molecule has 17 heavy (non-hydrogen) atoms. The van der Waals surface area contributed by atoms with Gasteiger partial charge in [-0.1, -0.05) is 0 Å². The first-order valence-electron chi connectivity index (χ1n) is 5.48. The van der Waals surface area contributed by atoms with E-state index in [0.29, 0.717) is 13.0 Å². The molecule has 3 rings (SSSR count). The van der Waals surface area contributed by atoms with Gasteiger partial charge in [-0.3, -0.25) is 10.1 Å². The predicted molar refractivity (Wildman–Crippen MR) is 59.9 cm³/mol. The van der Waals surface area contributed by atoms with Crippen LogP contribution in [-0.4, -0.2) is 39.9 Å². The lowest BCUT2D eigenvalue weighted by Gasteiger charge is -2.18. The number of aliphatic hydroxyl groups is 2. The molecule has 1 saturated heterocycles. The Bertz CT molecular complexity index is 490. The number of nitro groups is 1. The van der Waals surface area contributed by atoms with E-state index in [1.54, 1.807) is 12.1 Å². The number of hydrogen-bond acceptors (Lipinski definition) is 5. The van der Waals surface area contributed by atoms with Crippen molar-refractivity contribution in [1.82, 2.24) is 0 Å². The summed E-state index contributed by atoms with van der Waals surface area (Å²) in [7, 11) is 0. The van der Waals surface area contributed by atoms with E-state index in [2.05, 4.69) is 0 Å². The fourth-order valence-corrected chi connectivity index (χ4v) is 2.75. The zero-order valence-corrected chi connectivity index (χ0v) is 8.98. The van der Waals surface area contributed by atoms with E-state index in [4.69, 9.17) is 0 Å². The monoisotopic (exact) mass is 236 g/mol. The fourth-order valence-electron chi connectivity index (χ4n) is 2.75. The summed E-state index contributed by atoms with van der Waals surface area (Å²) >= 11 is 0. The van der Waals surface area contributed by atoms with Crippen LogP contribution in [0.15, 0.2) is 18.2 Å². The SMILES string of the molecule is O=[N+]([O-])c1ccc2c(c1)CC1C(O)C(O)CN21. The third-order valence-corrected chi connectivity index (χ3v) is 3.58. The summed E-state index contributed by atoms with van der Waals surface area (Å²) in [6.45, 7) is 0.386. The summed E-state index contributed by atoms with van der Waals surface area (Å²) in [5.41, 5.74) is 1.83. The largest absolute Gasteiger partial charge is 0.388 e. The molecule has 3 atom stereocenters. The summed E-state index contributed by atoms with van der Waals surface area (Å²) in [4.78, 5) is 12.2. The normalized spacial score (nSPS) is 30.2. The third kappa shape index (κ3) is 1.41. The Labute approximate surface area is 97.2 Å². The molecule has 0 bridgehead atoms. The average molecular weight is 236 g/mol. The van der Waals surface area contributed by atoms with Crippen molar-refractivity contribution >= 4 is 11.4 Å². The van der Waals surface area contributed by atoms with Crippen molar-refractivity contribution in [2.75, 3.05) is 11.4 Å². The number of non-ortho nitro benzene ring substituents is 1. The molecule has 0 aromatic heterocycles. The maximum atomic E-state index is 10.7. The minimum absolute atomic E-state index is 0.0694. The number of nitrogens with zero attached hydrogens (tertiary/aromatic N) is 2. The lowest BCUT2D eigenvalue weighted by Crippen LogP contribution is -2.33. The van der Waals surface area contributed by atoms with Crippen molar-refractivity contribution in [1.29, 1.82) is 0 Å². The van der Waals surface area contributed by atoms with Crippen molar-refractivity contribution in [3.63, 3.8) is 0 Å². The van der Waals surface area contributed by atoms with Gasteiger partial charge in [0, 0.05) is 24.4 Å². The average Bonchev–Trinajstić information content (AvgIpc) is 2.77. The van der Waals surface area contributed by atoms with Crippen molar-refractivity contribution in [2.24, 2.45) is 0 Å². The second-order valence-electron chi connectivity index (χ2n) is 4.55. The summed E-state index contributed by atoms with van der Waals surface area (Å²) in [5.74, 6) is 0. The number of hydrogen-bond donors (Lipinski definition) is 2. The quantitative estimate of drug-likeness (QED) is 0.532. The first-order chi connectivity index (χ1) is 8.08. The Hall–Kier alpha value is -1.66. The molecule has 6 nitrogen and oxygen atoms in total. The van der Waals surface area contributed by atoms with Crippen molar-refractivity contribution in [2.45, 2.75) is 24.7 Å². The highest BCUT2D eigenvalue weighted by Gasteiger charge is 2.44. The minimum atomic E-state index is -0.776. The van der Waals surface area contributed by atoms with E-state index in [9.17, 15) is 20.3 Å². The van der Waals surface area contributed by atoms with Crippen LogP contribution in [0.4, 0.5) is 11.4 Å². The molecule has 1 aromatic rings. The Morgan fingerprint density at radius 1 is 1.41 bits per heavy atom. The van der Waals surface area contributed by atoms with Gasteiger partial charge >= 0.3 is 0 Å². The topological polar surface area (TPSA) is 86.8 Å². The number of rotatable bonds is 1. The van der Waals surface area contributed by atoms with Gasteiger partial charge in [0.15, 0.2) is 0 Å². The van der Waals surface area contributed by atoms with Crippen LogP contribution in [0, 0.1) is 10.1 Å². The third-order valence-electron chi connectivity index (χ3n) is 3.58. The van der Waals surface area contributed by atoms with E-state index >= 15 is 0 Å². The van der Waals surface area contributed by atoms with Gasteiger partial charge in [0.25, 0.3) is 5.69 Å². The first-order valence-corrected chi connectivity index (χ1v) is 5.48. The van der Waals surface area contributed by atoms with E-state index in [1.807, 2.05) is 4.90 Å². The highest BCUT2D eigenvalue weighted by molar-refractivity contribution is 5.64. The molecule has 1 aromatic carbocycles. The standard InChI is InChI=1S/C11H12N2O4/c14-10-5-12-8-2-1-7(13(16)17)3-6(8)4-9(12)11(10)15/h1-3,9-11,14-15H,4-5H2. The number of fused-ring (bicyclic) bond motifs is 3. The van der Waals surface area contributed by atoms with E-state index in [-0.39, 0.29) is 11.7 Å². The van der Waals surface area contributed by atoms with Gasteiger partial charge in [0.1, 0.15) is 6.10 Å². The van der Waals surface area contributed by atoms with Crippen molar-refractivity contribution in [3.8, 4) is 0 Å². The second kappa shape index (κ2) is 3.41. The molecule has 3 unspecified atom stereocenters. The number of benzene rings is 1. The Kier molecular flexibility index (Phi) is 2.11. The maximum absolute atomic E-state index is 10.7. The van der Waals surface area contributed by atoms with Gasteiger partial charge in [-0.15, -0.1) is 0 Å². The lowest BCUT2D eigenvalue weighted by atomic mass is 10.0. The number of nitro benzene ring substituents is 1. The second-order valence-corrected chi connectivity index (χ2v) is 4.55. The first kappa shape index (κ1) is 10.5. The van der Waals surface area contributed by atoms with Gasteiger partial charge in [-0.2, -0.15) is 0 Å². The molecule has 2 N–H and O–H groups in total. The molecule has 90 valence electrons. The summed E-state index contributed by atoms with van der Waals surface area (Å²) < 4.78 is 0. The molecule has 1 fully saturated rings. The van der Waals surface area contributed by atoms with Crippen LogP contribution < -0.4 is 4.90 Å². The molecular weight excluding hydrogens is 224 g/mol. The molecule has 0 radical (unpaired) electrons. The number of aliphatic hydroxyl groups excluding tert-OH is 2. The Balaban J connectivity index is 1.99. The van der Waals surface area contributed by atoms with Gasteiger partial charge in [-0.05, 0) is 18.1 Å². The van der Waals surface area contributed by atoms with Crippen LogP contribution in [0.25, 0.3) is 0 Å². The molecule has 0 aliphatic carbocycles. The van der Waals surface area contributed by atoms with Crippen LogP contribution in [0.2, 0.25) is 0 Å². The van der Waals surface area contributed by atoms with Gasteiger partial charge in [-0.25, -0.2) is 0 Å². The van der Waals surface area contributed by atoms with Crippen LogP contribution in [0.3, 0.4) is 0 Å². The van der Waals surface area contributed by atoms with E-state index < -0.39 is 17.1 Å². The Morgan fingerprint density at radius 3 is 2.88 bits per heavy atom.